The quantitative estimate of drug-likeness (QED) is 0.692. The van der Waals surface area contributed by atoms with Crippen LogP contribution < -0.4 is 5.32 Å². The van der Waals surface area contributed by atoms with Gasteiger partial charge in [0, 0.05) is 12.8 Å². The van der Waals surface area contributed by atoms with E-state index in [9.17, 15) is 4.79 Å². The lowest BCUT2D eigenvalue weighted by molar-refractivity contribution is -0.123. The van der Waals surface area contributed by atoms with Gasteiger partial charge in [-0.3, -0.25) is 9.79 Å². The molecule has 0 fully saturated rings. The fraction of sp³-hybridized carbons (Fsp3) is 0.846. The molecule has 16 heavy (non-hydrogen) atoms. The predicted molar refractivity (Wildman–Crippen MR) is 67.8 cm³/mol. The van der Waals surface area contributed by atoms with E-state index in [0.717, 1.165) is 25.3 Å². The molecule has 1 rings (SSSR count). The van der Waals surface area contributed by atoms with E-state index < -0.39 is 0 Å². The van der Waals surface area contributed by atoms with Crippen molar-refractivity contribution < 1.29 is 4.79 Å². The molecule has 1 aliphatic heterocycles. The van der Waals surface area contributed by atoms with E-state index in [1.807, 2.05) is 6.21 Å². The first kappa shape index (κ1) is 13.2. The summed E-state index contributed by atoms with van der Waals surface area (Å²) in [4.78, 5) is 15.9. The van der Waals surface area contributed by atoms with Gasteiger partial charge in [0.15, 0.2) is 0 Å². The first-order valence-corrected chi connectivity index (χ1v) is 6.40. The van der Waals surface area contributed by atoms with E-state index in [0.29, 0.717) is 5.92 Å². The highest BCUT2D eigenvalue weighted by Gasteiger charge is 2.26. The number of nitrogens with zero attached hydrogens (tertiary/aromatic N) is 1. The van der Waals surface area contributed by atoms with Crippen LogP contribution in [0.2, 0.25) is 0 Å². The fourth-order valence-corrected chi connectivity index (χ4v) is 1.94. The zero-order valence-corrected chi connectivity index (χ0v) is 10.7. The first-order valence-electron chi connectivity index (χ1n) is 6.40. The fourth-order valence-electron chi connectivity index (χ4n) is 1.94. The molecule has 0 bridgehead atoms. The molecule has 0 aliphatic carbocycles. The van der Waals surface area contributed by atoms with Gasteiger partial charge in [0.2, 0.25) is 5.91 Å². The third-order valence-corrected chi connectivity index (χ3v) is 3.06. The van der Waals surface area contributed by atoms with Crippen LogP contribution in [0.5, 0.6) is 0 Å². The number of carbonyl (C=O) groups excluding carboxylic acids is 1. The van der Waals surface area contributed by atoms with Gasteiger partial charge in [-0.1, -0.05) is 33.6 Å². The normalized spacial score (nSPS) is 24.0. The maximum absolute atomic E-state index is 11.7. The van der Waals surface area contributed by atoms with Crippen LogP contribution in [-0.4, -0.2) is 24.7 Å². The van der Waals surface area contributed by atoms with Crippen molar-refractivity contribution in [3.63, 3.8) is 0 Å². The van der Waals surface area contributed by atoms with Gasteiger partial charge < -0.3 is 5.32 Å². The molecular weight excluding hydrogens is 200 g/mol. The Balaban J connectivity index is 2.09. The summed E-state index contributed by atoms with van der Waals surface area (Å²) in [7, 11) is 0. The molecule has 1 aliphatic rings. The average Bonchev–Trinajstić information content (AvgIpc) is 2.63. The molecule has 1 heterocycles. The highest BCUT2D eigenvalue weighted by molar-refractivity contribution is 5.85. The van der Waals surface area contributed by atoms with E-state index in [4.69, 9.17) is 0 Å². The number of hydrogen-bond acceptors (Lipinski definition) is 2. The zero-order valence-electron chi connectivity index (χ0n) is 10.7. The molecule has 0 radical (unpaired) electrons. The van der Waals surface area contributed by atoms with E-state index in [-0.39, 0.29) is 11.9 Å². The summed E-state index contributed by atoms with van der Waals surface area (Å²) in [5, 5.41) is 2.98. The number of amides is 1. The number of nitrogens with one attached hydrogen (secondary N) is 1. The Morgan fingerprint density at radius 2 is 2.25 bits per heavy atom. The van der Waals surface area contributed by atoms with Crippen LogP contribution >= 0.6 is 0 Å². The summed E-state index contributed by atoms with van der Waals surface area (Å²) in [6.45, 7) is 7.33. The molecule has 2 unspecified atom stereocenters. The summed E-state index contributed by atoms with van der Waals surface area (Å²) in [6.07, 6.45) is 6.32. The summed E-state index contributed by atoms with van der Waals surface area (Å²) in [5.74, 6) is 1.23. The predicted octanol–water partition coefficient (Wildman–Crippen LogP) is 2.41. The summed E-state index contributed by atoms with van der Waals surface area (Å²) in [6, 6.07) is -0.134. The van der Waals surface area contributed by atoms with Gasteiger partial charge in [-0.05, 0) is 24.7 Å². The molecule has 3 nitrogen and oxygen atoms in total. The minimum atomic E-state index is -0.134. The van der Waals surface area contributed by atoms with Crippen molar-refractivity contribution >= 4 is 12.1 Å². The van der Waals surface area contributed by atoms with Crippen molar-refractivity contribution in [1.82, 2.24) is 5.32 Å². The number of unbranched alkanes of at least 4 members (excludes halogenated alkanes) is 1. The van der Waals surface area contributed by atoms with Crippen molar-refractivity contribution in [1.29, 1.82) is 0 Å². The minimum absolute atomic E-state index is 0.103. The Morgan fingerprint density at radius 1 is 1.50 bits per heavy atom. The van der Waals surface area contributed by atoms with Crippen molar-refractivity contribution in [3.05, 3.63) is 0 Å². The Bertz CT molecular complexity index is 248. The van der Waals surface area contributed by atoms with Crippen LogP contribution in [0.3, 0.4) is 0 Å². The largest absolute Gasteiger partial charge is 0.354 e. The van der Waals surface area contributed by atoms with Gasteiger partial charge in [0.05, 0.1) is 0 Å². The number of rotatable bonds is 6. The third kappa shape index (κ3) is 4.33. The van der Waals surface area contributed by atoms with E-state index in [2.05, 4.69) is 31.1 Å². The third-order valence-electron chi connectivity index (χ3n) is 3.06. The number of hydrogen-bond donors (Lipinski definition) is 1. The Hall–Kier alpha value is -0.860. The molecule has 0 aromatic carbocycles. The first-order chi connectivity index (χ1) is 7.61. The lowest BCUT2D eigenvalue weighted by Crippen LogP contribution is -2.36. The summed E-state index contributed by atoms with van der Waals surface area (Å²) in [5.41, 5.74) is 0. The van der Waals surface area contributed by atoms with Gasteiger partial charge in [0.25, 0.3) is 0 Å². The maximum atomic E-state index is 11.7. The standard InChI is InChI=1S/C13H24N2O/c1-10(2)6-4-5-8-15-13(16)12-11(3)7-9-14-12/h9-12H,4-8H2,1-3H3,(H,15,16). The highest BCUT2D eigenvalue weighted by atomic mass is 16.2. The SMILES string of the molecule is CC(C)CCCCNC(=O)C1N=CCC1C. The molecule has 1 amide bonds. The van der Waals surface area contributed by atoms with Gasteiger partial charge in [-0.25, -0.2) is 0 Å². The molecular formula is C13H24N2O. The molecule has 2 atom stereocenters. The molecule has 0 spiro atoms. The Labute approximate surface area is 98.7 Å². The van der Waals surface area contributed by atoms with Crippen molar-refractivity contribution in [2.24, 2.45) is 16.8 Å². The van der Waals surface area contributed by atoms with Crippen LogP contribution in [0.15, 0.2) is 4.99 Å². The molecule has 0 aromatic heterocycles. The van der Waals surface area contributed by atoms with E-state index in [1.165, 1.54) is 12.8 Å². The second-order valence-electron chi connectivity index (χ2n) is 5.17. The number of aliphatic imine (C=N–C) groups is 1. The molecule has 1 N–H and O–H groups in total. The second-order valence-corrected chi connectivity index (χ2v) is 5.17. The van der Waals surface area contributed by atoms with Gasteiger partial charge in [-0.15, -0.1) is 0 Å². The van der Waals surface area contributed by atoms with E-state index >= 15 is 0 Å². The molecule has 0 saturated heterocycles. The lowest BCUT2D eigenvalue weighted by Gasteiger charge is -2.13. The molecule has 92 valence electrons. The van der Waals surface area contributed by atoms with Crippen LogP contribution in [-0.2, 0) is 4.79 Å². The van der Waals surface area contributed by atoms with Gasteiger partial charge in [0.1, 0.15) is 6.04 Å². The topological polar surface area (TPSA) is 41.5 Å². The van der Waals surface area contributed by atoms with E-state index in [1.54, 1.807) is 0 Å². The second kappa shape index (κ2) is 6.66. The monoisotopic (exact) mass is 224 g/mol. The van der Waals surface area contributed by atoms with Crippen LogP contribution in [0.25, 0.3) is 0 Å². The van der Waals surface area contributed by atoms with Crippen molar-refractivity contribution in [2.75, 3.05) is 6.54 Å². The highest BCUT2D eigenvalue weighted by Crippen LogP contribution is 2.16. The molecule has 0 aromatic rings. The Morgan fingerprint density at radius 3 is 2.81 bits per heavy atom. The van der Waals surface area contributed by atoms with Crippen molar-refractivity contribution in [2.45, 2.75) is 52.5 Å². The Kier molecular flexibility index (Phi) is 5.50. The van der Waals surface area contributed by atoms with Crippen LogP contribution in [0, 0.1) is 11.8 Å². The lowest BCUT2D eigenvalue weighted by atomic mass is 10.0. The summed E-state index contributed by atoms with van der Waals surface area (Å²) >= 11 is 0. The van der Waals surface area contributed by atoms with Crippen LogP contribution in [0.4, 0.5) is 0 Å². The smallest absolute Gasteiger partial charge is 0.245 e. The molecule has 0 saturated carbocycles. The zero-order chi connectivity index (χ0) is 12.0. The minimum Gasteiger partial charge on any atom is -0.354 e. The van der Waals surface area contributed by atoms with Crippen molar-refractivity contribution in [3.8, 4) is 0 Å². The maximum Gasteiger partial charge on any atom is 0.245 e. The number of carbonyl (C=O) groups is 1. The van der Waals surface area contributed by atoms with Crippen LogP contribution in [0.1, 0.15) is 46.5 Å². The van der Waals surface area contributed by atoms with Gasteiger partial charge >= 0.3 is 0 Å². The van der Waals surface area contributed by atoms with Gasteiger partial charge in [-0.2, -0.15) is 0 Å². The summed E-state index contributed by atoms with van der Waals surface area (Å²) < 4.78 is 0. The average molecular weight is 224 g/mol. The molecule has 3 heteroatoms.